The SMILES string of the molecule is Cc1ccc(-n2nc(C)c(C(=O)NC[C@@H]3CCCO3)c2-n2cccc2)cc1. The molecule has 0 aliphatic carbocycles. The van der Waals surface area contributed by atoms with Crippen LogP contribution in [0.1, 0.15) is 34.5 Å². The van der Waals surface area contributed by atoms with Gasteiger partial charge in [-0.3, -0.25) is 4.79 Å². The van der Waals surface area contributed by atoms with Crippen molar-refractivity contribution >= 4 is 5.91 Å². The average molecular weight is 364 g/mol. The molecule has 2 aromatic heterocycles. The Kier molecular flexibility index (Phi) is 4.81. The Bertz CT molecular complexity index is 920. The number of hydrogen-bond donors (Lipinski definition) is 1. The van der Waals surface area contributed by atoms with E-state index in [1.807, 2.05) is 65.0 Å². The van der Waals surface area contributed by atoms with Gasteiger partial charge in [-0.1, -0.05) is 17.7 Å². The molecule has 0 radical (unpaired) electrons. The Morgan fingerprint density at radius 3 is 2.63 bits per heavy atom. The molecule has 3 aromatic rings. The number of benzene rings is 1. The summed E-state index contributed by atoms with van der Waals surface area (Å²) in [6.07, 6.45) is 6.01. The topological polar surface area (TPSA) is 61.1 Å². The summed E-state index contributed by atoms with van der Waals surface area (Å²) >= 11 is 0. The molecule has 6 nitrogen and oxygen atoms in total. The Morgan fingerprint density at radius 2 is 1.96 bits per heavy atom. The summed E-state index contributed by atoms with van der Waals surface area (Å²) in [6.45, 7) is 5.23. The monoisotopic (exact) mass is 364 g/mol. The van der Waals surface area contributed by atoms with Crippen LogP contribution in [0.2, 0.25) is 0 Å². The number of carbonyl (C=O) groups excluding carboxylic acids is 1. The van der Waals surface area contributed by atoms with Crippen molar-refractivity contribution in [3.8, 4) is 11.5 Å². The number of amides is 1. The van der Waals surface area contributed by atoms with E-state index < -0.39 is 0 Å². The maximum atomic E-state index is 13.0. The second-order valence-electron chi connectivity index (χ2n) is 6.97. The number of aromatic nitrogens is 3. The van der Waals surface area contributed by atoms with Crippen molar-refractivity contribution in [1.82, 2.24) is 19.7 Å². The van der Waals surface area contributed by atoms with Crippen molar-refractivity contribution in [1.29, 1.82) is 0 Å². The summed E-state index contributed by atoms with van der Waals surface area (Å²) in [4.78, 5) is 13.0. The molecule has 6 heteroatoms. The van der Waals surface area contributed by atoms with Gasteiger partial charge in [0.1, 0.15) is 5.56 Å². The lowest BCUT2D eigenvalue weighted by molar-refractivity contribution is 0.0857. The molecule has 1 atom stereocenters. The second-order valence-corrected chi connectivity index (χ2v) is 6.97. The zero-order valence-corrected chi connectivity index (χ0v) is 15.7. The van der Waals surface area contributed by atoms with Gasteiger partial charge in [0, 0.05) is 25.5 Å². The van der Waals surface area contributed by atoms with Gasteiger partial charge in [0.25, 0.3) is 5.91 Å². The van der Waals surface area contributed by atoms with E-state index in [4.69, 9.17) is 4.74 Å². The minimum Gasteiger partial charge on any atom is -0.376 e. The van der Waals surface area contributed by atoms with Crippen LogP contribution in [-0.2, 0) is 4.74 Å². The maximum absolute atomic E-state index is 13.0. The highest BCUT2D eigenvalue weighted by Crippen LogP contribution is 2.23. The highest BCUT2D eigenvalue weighted by Gasteiger charge is 2.25. The first-order valence-corrected chi connectivity index (χ1v) is 9.33. The molecule has 1 N–H and O–H groups in total. The van der Waals surface area contributed by atoms with Gasteiger partial charge in [0.2, 0.25) is 0 Å². The Morgan fingerprint density at radius 1 is 1.22 bits per heavy atom. The highest BCUT2D eigenvalue weighted by atomic mass is 16.5. The van der Waals surface area contributed by atoms with Gasteiger partial charge in [0.15, 0.2) is 5.82 Å². The fourth-order valence-electron chi connectivity index (χ4n) is 3.46. The number of hydrogen-bond acceptors (Lipinski definition) is 3. The van der Waals surface area contributed by atoms with Crippen molar-refractivity contribution < 1.29 is 9.53 Å². The lowest BCUT2D eigenvalue weighted by atomic mass is 10.2. The van der Waals surface area contributed by atoms with E-state index >= 15 is 0 Å². The zero-order valence-electron chi connectivity index (χ0n) is 15.7. The van der Waals surface area contributed by atoms with E-state index in [2.05, 4.69) is 17.3 Å². The van der Waals surface area contributed by atoms with E-state index in [-0.39, 0.29) is 12.0 Å². The summed E-state index contributed by atoms with van der Waals surface area (Å²) in [6, 6.07) is 12.0. The highest BCUT2D eigenvalue weighted by molar-refractivity contribution is 5.98. The third-order valence-electron chi connectivity index (χ3n) is 4.90. The number of aryl methyl sites for hydroxylation is 2. The van der Waals surface area contributed by atoms with Gasteiger partial charge in [-0.05, 0) is 51.0 Å². The van der Waals surface area contributed by atoms with E-state index in [1.165, 1.54) is 5.56 Å². The van der Waals surface area contributed by atoms with Crippen molar-refractivity contribution in [3.63, 3.8) is 0 Å². The molecule has 1 aromatic carbocycles. The molecule has 0 spiro atoms. The molecule has 4 rings (SSSR count). The van der Waals surface area contributed by atoms with E-state index in [0.29, 0.717) is 17.8 Å². The summed E-state index contributed by atoms with van der Waals surface area (Å²) in [7, 11) is 0. The van der Waals surface area contributed by atoms with Crippen molar-refractivity contribution in [3.05, 3.63) is 65.6 Å². The quantitative estimate of drug-likeness (QED) is 0.756. The molecule has 1 amide bonds. The third kappa shape index (κ3) is 3.53. The predicted molar refractivity (Wildman–Crippen MR) is 104 cm³/mol. The van der Waals surface area contributed by atoms with Crippen LogP contribution in [0.5, 0.6) is 0 Å². The molecule has 1 aliphatic rings. The van der Waals surface area contributed by atoms with Crippen LogP contribution in [0.3, 0.4) is 0 Å². The van der Waals surface area contributed by atoms with Crippen LogP contribution in [0.15, 0.2) is 48.8 Å². The molecule has 140 valence electrons. The van der Waals surface area contributed by atoms with Crippen LogP contribution in [0.4, 0.5) is 0 Å². The average Bonchev–Trinajstić information content (AvgIpc) is 3.41. The van der Waals surface area contributed by atoms with Crippen molar-refractivity contribution in [2.45, 2.75) is 32.8 Å². The molecular weight excluding hydrogens is 340 g/mol. The number of carbonyl (C=O) groups is 1. The zero-order chi connectivity index (χ0) is 18.8. The lowest BCUT2D eigenvalue weighted by Crippen LogP contribution is -2.32. The first-order chi connectivity index (χ1) is 13.1. The van der Waals surface area contributed by atoms with Crippen molar-refractivity contribution in [2.24, 2.45) is 0 Å². The second kappa shape index (κ2) is 7.40. The minimum absolute atomic E-state index is 0.108. The Labute approximate surface area is 158 Å². The van der Waals surface area contributed by atoms with Crippen LogP contribution in [0.25, 0.3) is 11.5 Å². The molecule has 0 unspecified atom stereocenters. The number of nitrogens with one attached hydrogen (secondary N) is 1. The standard InChI is InChI=1S/C21H24N4O2/c1-15-7-9-17(10-8-15)25-21(24-11-3-4-12-24)19(16(2)23-25)20(26)22-14-18-6-5-13-27-18/h3-4,7-12,18H,5-6,13-14H2,1-2H3,(H,22,26)/t18-/m0/s1. The molecule has 1 aliphatic heterocycles. The lowest BCUT2D eigenvalue weighted by Gasteiger charge is -2.13. The van der Waals surface area contributed by atoms with Gasteiger partial charge in [0.05, 0.1) is 17.5 Å². The fourth-order valence-corrected chi connectivity index (χ4v) is 3.46. The normalized spacial score (nSPS) is 16.6. The first-order valence-electron chi connectivity index (χ1n) is 9.33. The van der Waals surface area contributed by atoms with E-state index in [1.54, 1.807) is 0 Å². The Balaban J connectivity index is 1.72. The predicted octanol–water partition coefficient (Wildman–Crippen LogP) is 3.19. The van der Waals surface area contributed by atoms with E-state index in [9.17, 15) is 4.79 Å². The molecule has 1 fully saturated rings. The molecule has 0 bridgehead atoms. The molecule has 27 heavy (non-hydrogen) atoms. The number of nitrogens with zero attached hydrogens (tertiary/aromatic N) is 3. The van der Waals surface area contributed by atoms with Gasteiger partial charge in [-0.15, -0.1) is 0 Å². The van der Waals surface area contributed by atoms with E-state index in [0.717, 1.165) is 31.0 Å². The molecular formula is C21H24N4O2. The van der Waals surface area contributed by atoms with Gasteiger partial charge in [-0.25, -0.2) is 4.68 Å². The first kappa shape index (κ1) is 17.5. The molecule has 1 saturated heterocycles. The van der Waals surface area contributed by atoms with Gasteiger partial charge in [-0.2, -0.15) is 5.10 Å². The number of rotatable bonds is 5. The van der Waals surface area contributed by atoms with Crippen LogP contribution >= 0.6 is 0 Å². The van der Waals surface area contributed by atoms with Gasteiger partial charge < -0.3 is 14.6 Å². The van der Waals surface area contributed by atoms with Crippen LogP contribution < -0.4 is 5.32 Å². The maximum Gasteiger partial charge on any atom is 0.257 e. The molecule has 3 heterocycles. The summed E-state index contributed by atoms with van der Waals surface area (Å²) in [5.74, 6) is 0.622. The third-order valence-corrected chi connectivity index (χ3v) is 4.90. The largest absolute Gasteiger partial charge is 0.376 e. The Hall–Kier alpha value is -2.86. The van der Waals surface area contributed by atoms with Crippen molar-refractivity contribution in [2.75, 3.05) is 13.2 Å². The summed E-state index contributed by atoms with van der Waals surface area (Å²) in [5, 5.41) is 7.70. The fraction of sp³-hybridized carbons (Fsp3) is 0.333. The molecule has 0 saturated carbocycles. The summed E-state index contributed by atoms with van der Waals surface area (Å²) in [5.41, 5.74) is 3.39. The smallest absolute Gasteiger partial charge is 0.257 e. The summed E-state index contributed by atoms with van der Waals surface area (Å²) < 4.78 is 9.38. The van der Waals surface area contributed by atoms with Gasteiger partial charge >= 0.3 is 0 Å². The van der Waals surface area contributed by atoms with Crippen LogP contribution in [0, 0.1) is 13.8 Å². The van der Waals surface area contributed by atoms with Crippen LogP contribution in [-0.4, -0.2) is 39.5 Å². The minimum atomic E-state index is -0.120. The number of ether oxygens (including phenoxy) is 1.